The molecule has 7 nitrogen and oxygen atoms in total. The number of aromatic nitrogens is 4. The average Bonchev–Trinajstić information content (AvgIpc) is 3.46. The Morgan fingerprint density at radius 3 is 2.67 bits per heavy atom. The Bertz CT molecular complexity index is 1070. The van der Waals surface area contributed by atoms with Crippen LogP contribution in [0.25, 0.3) is 5.69 Å². The van der Waals surface area contributed by atoms with E-state index in [1.54, 1.807) is 18.3 Å². The Balaban J connectivity index is 1.45. The lowest BCUT2D eigenvalue weighted by atomic mass is 9.98. The predicted octanol–water partition coefficient (Wildman–Crippen LogP) is 3.18. The van der Waals surface area contributed by atoms with Crippen molar-refractivity contribution in [3.8, 4) is 11.4 Å². The monoisotopic (exact) mass is 407 g/mol. The molecule has 4 unspecified atom stereocenters. The van der Waals surface area contributed by atoms with E-state index >= 15 is 0 Å². The van der Waals surface area contributed by atoms with Crippen molar-refractivity contribution in [2.75, 3.05) is 0 Å². The summed E-state index contributed by atoms with van der Waals surface area (Å²) in [4.78, 5) is 20.9. The summed E-state index contributed by atoms with van der Waals surface area (Å²) in [5.74, 6) is 0.289. The van der Waals surface area contributed by atoms with Gasteiger partial charge in [0.05, 0.1) is 30.2 Å². The number of hydrogen-bond donors (Lipinski definition) is 0. The third-order valence-electron chi connectivity index (χ3n) is 6.23. The number of rotatable bonds is 4. The van der Waals surface area contributed by atoms with Crippen molar-refractivity contribution in [3.63, 3.8) is 0 Å². The molecule has 1 amide bonds. The minimum atomic E-state index is -0.535. The molecule has 1 aliphatic carbocycles. The lowest BCUT2D eigenvalue weighted by molar-refractivity contribution is 0.0325. The highest BCUT2D eigenvalue weighted by atomic mass is 19.1. The molecule has 1 saturated carbocycles. The van der Waals surface area contributed by atoms with Crippen molar-refractivity contribution in [3.05, 3.63) is 66.0 Å². The maximum atomic E-state index is 14.6. The molecule has 2 aliphatic rings. The van der Waals surface area contributed by atoms with Gasteiger partial charge in [-0.15, -0.1) is 4.80 Å². The second kappa shape index (κ2) is 7.19. The summed E-state index contributed by atoms with van der Waals surface area (Å²) in [7, 11) is 0. The smallest absolute Gasteiger partial charge is 0.256 e. The highest BCUT2D eigenvalue weighted by Gasteiger charge is 2.53. The fraction of sp³-hybridized carbons (Fsp3) is 0.364. The van der Waals surface area contributed by atoms with Crippen LogP contribution in [0.1, 0.15) is 35.8 Å². The minimum Gasteiger partial charge on any atom is -0.487 e. The van der Waals surface area contributed by atoms with Gasteiger partial charge in [0.15, 0.2) is 5.82 Å². The predicted molar refractivity (Wildman–Crippen MR) is 107 cm³/mol. The molecule has 1 saturated heterocycles. The van der Waals surface area contributed by atoms with Gasteiger partial charge in [-0.3, -0.25) is 9.78 Å². The number of hydrogen-bond acceptors (Lipinski definition) is 5. The second-order valence-electron chi connectivity index (χ2n) is 8.00. The van der Waals surface area contributed by atoms with Crippen LogP contribution in [-0.2, 0) is 0 Å². The number of carbonyl (C=O) groups is 1. The van der Waals surface area contributed by atoms with Crippen LogP contribution in [0, 0.1) is 18.7 Å². The van der Waals surface area contributed by atoms with Crippen LogP contribution < -0.4 is 4.74 Å². The Hall–Kier alpha value is -3.29. The van der Waals surface area contributed by atoms with Crippen LogP contribution in [0.2, 0.25) is 0 Å². The van der Waals surface area contributed by atoms with E-state index in [-0.39, 0.29) is 35.3 Å². The molecular weight excluding hydrogens is 385 g/mol. The number of para-hydroxylation sites is 1. The van der Waals surface area contributed by atoms with Crippen LogP contribution in [0.3, 0.4) is 0 Å². The Labute approximate surface area is 173 Å². The first-order valence-electron chi connectivity index (χ1n) is 10.1. The third-order valence-corrected chi connectivity index (χ3v) is 6.23. The number of benzene rings is 1. The van der Waals surface area contributed by atoms with E-state index in [1.807, 2.05) is 24.0 Å². The molecule has 8 heteroatoms. The molecule has 30 heavy (non-hydrogen) atoms. The maximum Gasteiger partial charge on any atom is 0.256 e. The summed E-state index contributed by atoms with van der Waals surface area (Å²) in [6.07, 6.45) is 6.29. The third kappa shape index (κ3) is 3.03. The van der Waals surface area contributed by atoms with E-state index in [4.69, 9.17) is 4.74 Å². The molecule has 2 bridgehead atoms. The van der Waals surface area contributed by atoms with Crippen LogP contribution >= 0.6 is 0 Å². The first-order chi connectivity index (χ1) is 14.5. The van der Waals surface area contributed by atoms with Gasteiger partial charge in [-0.05, 0) is 56.9 Å². The van der Waals surface area contributed by atoms with Crippen molar-refractivity contribution < 1.29 is 13.9 Å². The molecule has 0 spiro atoms. The van der Waals surface area contributed by atoms with Crippen molar-refractivity contribution in [2.45, 2.75) is 44.9 Å². The zero-order valence-electron chi connectivity index (χ0n) is 16.8. The lowest BCUT2D eigenvalue weighted by Gasteiger charge is -2.38. The van der Waals surface area contributed by atoms with Gasteiger partial charge >= 0.3 is 0 Å². The van der Waals surface area contributed by atoms with E-state index in [0.29, 0.717) is 11.7 Å². The number of carbonyl (C=O) groups excluding carboxylic acids is 1. The van der Waals surface area contributed by atoms with Crippen molar-refractivity contribution in [1.29, 1.82) is 0 Å². The highest BCUT2D eigenvalue weighted by Crippen LogP contribution is 2.45. The van der Waals surface area contributed by atoms with Gasteiger partial charge in [0.2, 0.25) is 0 Å². The van der Waals surface area contributed by atoms with Gasteiger partial charge in [0.1, 0.15) is 17.5 Å². The number of fused-ring (bicyclic) bond motifs is 2. The molecule has 2 aromatic heterocycles. The Kier molecular flexibility index (Phi) is 4.49. The standard InChI is InChI=1S/C22H22FN5O2/c1-13-6-7-16(12-24-13)30-20-11-15-10-19(20)27(14(15)2)22(29)17-4-3-5-18(23)21(17)28-25-8-9-26-28/h3-9,12,14-15,19-20H,10-11H2,1-2H3. The number of aryl methyl sites for hydroxylation is 1. The minimum absolute atomic E-state index is 0.0557. The molecule has 5 rings (SSSR count). The van der Waals surface area contributed by atoms with Crippen LogP contribution in [0.5, 0.6) is 5.75 Å². The van der Waals surface area contributed by atoms with Crippen molar-refractivity contribution in [2.24, 2.45) is 5.92 Å². The van der Waals surface area contributed by atoms with Crippen molar-refractivity contribution in [1.82, 2.24) is 24.9 Å². The summed E-state index contributed by atoms with van der Waals surface area (Å²) < 4.78 is 20.8. The molecule has 4 atom stereocenters. The molecule has 3 heterocycles. The normalized spacial score (nSPS) is 25.0. The summed E-state index contributed by atoms with van der Waals surface area (Å²) in [6.45, 7) is 3.98. The summed E-state index contributed by atoms with van der Waals surface area (Å²) >= 11 is 0. The summed E-state index contributed by atoms with van der Waals surface area (Å²) in [5.41, 5.74) is 1.25. The Morgan fingerprint density at radius 1 is 1.17 bits per heavy atom. The van der Waals surface area contributed by atoms with Gasteiger partial charge < -0.3 is 9.64 Å². The molecule has 3 aromatic rings. The zero-order valence-corrected chi connectivity index (χ0v) is 16.8. The highest BCUT2D eigenvalue weighted by molar-refractivity contribution is 5.98. The number of halogens is 1. The summed E-state index contributed by atoms with van der Waals surface area (Å²) in [6, 6.07) is 8.28. The van der Waals surface area contributed by atoms with Crippen molar-refractivity contribution >= 4 is 5.91 Å². The lowest BCUT2D eigenvalue weighted by Crippen LogP contribution is -2.51. The van der Waals surface area contributed by atoms with Gasteiger partial charge in [-0.2, -0.15) is 10.2 Å². The van der Waals surface area contributed by atoms with E-state index in [1.165, 1.54) is 18.5 Å². The van der Waals surface area contributed by atoms with Gasteiger partial charge in [0.25, 0.3) is 5.91 Å². The topological polar surface area (TPSA) is 73.1 Å². The molecule has 0 N–H and O–H groups in total. The molecule has 1 aliphatic heterocycles. The fourth-order valence-electron chi connectivity index (χ4n) is 4.75. The summed E-state index contributed by atoms with van der Waals surface area (Å²) in [5, 5.41) is 8.05. The van der Waals surface area contributed by atoms with Gasteiger partial charge in [-0.25, -0.2) is 4.39 Å². The first-order valence-corrected chi connectivity index (χ1v) is 10.1. The number of likely N-dealkylation sites (tertiary alicyclic amines) is 1. The van der Waals surface area contributed by atoms with Crippen LogP contribution in [-0.4, -0.2) is 49.0 Å². The number of piperidine rings is 1. The van der Waals surface area contributed by atoms with E-state index in [0.717, 1.165) is 23.3 Å². The number of pyridine rings is 1. The number of nitrogens with zero attached hydrogens (tertiary/aromatic N) is 5. The van der Waals surface area contributed by atoms with E-state index in [2.05, 4.69) is 22.1 Å². The number of ether oxygens (including phenoxy) is 1. The van der Waals surface area contributed by atoms with Crippen LogP contribution in [0.15, 0.2) is 48.9 Å². The van der Waals surface area contributed by atoms with Gasteiger partial charge in [-0.1, -0.05) is 6.07 Å². The average molecular weight is 407 g/mol. The Morgan fingerprint density at radius 2 is 1.97 bits per heavy atom. The zero-order chi connectivity index (χ0) is 20.8. The largest absolute Gasteiger partial charge is 0.487 e. The van der Waals surface area contributed by atoms with Crippen LogP contribution in [0.4, 0.5) is 4.39 Å². The van der Waals surface area contributed by atoms with E-state index < -0.39 is 5.82 Å². The fourth-order valence-corrected chi connectivity index (χ4v) is 4.75. The molecule has 154 valence electrons. The molecule has 1 aromatic carbocycles. The number of amides is 1. The van der Waals surface area contributed by atoms with Gasteiger partial charge in [0, 0.05) is 11.7 Å². The molecule has 0 radical (unpaired) electrons. The maximum absolute atomic E-state index is 14.6. The SMILES string of the molecule is Cc1ccc(OC2CC3CC2N(C(=O)c2cccc(F)c2-n2nccn2)C3C)cn1. The quantitative estimate of drug-likeness (QED) is 0.664. The first kappa shape index (κ1) is 18.7. The molecular formula is C22H22FN5O2. The second-order valence-corrected chi connectivity index (χ2v) is 8.00. The molecule has 2 fully saturated rings. The van der Waals surface area contributed by atoms with E-state index in [9.17, 15) is 9.18 Å².